The maximum absolute atomic E-state index is 5.79. The Balaban J connectivity index is 1.67. The lowest BCUT2D eigenvalue weighted by atomic mass is 9.81. The van der Waals surface area contributed by atoms with Crippen molar-refractivity contribution in [3.05, 3.63) is 65.6 Å². The maximum atomic E-state index is 5.79. The van der Waals surface area contributed by atoms with Crippen molar-refractivity contribution in [3.8, 4) is 0 Å². The zero-order chi connectivity index (χ0) is 16.4. The van der Waals surface area contributed by atoms with E-state index in [0.717, 1.165) is 28.9 Å². The van der Waals surface area contributed by atoms with Crippen molar-refractivity contribution in [1.29, 1.82) is 0 Å². The molecule has 6 heteroatoms. The molecule has 0 saturated carbocycles. The van der Waals surface area contributed by atoms with Crippen molar-refractivity contribution in [1.82, 2.24) is 0 Å². The van der Waals surface area contributed by atoms with Gasteiger partial charge in [0, 0.05) is 22.7 Å². The quantitative estimate of drug-likeness (QED) is 0.789. The Bertz CT molecular complexity index is 971. The van der Waals surface area contributed by atoms with Crippen LogP contribution < -0.4 is 10.2 Å². The number of fused-ring (bicyclic) bond motifs is 7. The Kier molecular flexibility index (Phi) is 2.65. The van der Waals surface area contributed by atoms with E-state index in [1.54, 1.807) is 11.8 Å². The number of anilines is 2. The molecular formula is C19H15N3O2S. The first-order chi connectivity index (χ1) is 12.4. The van der Waals surface area contributed by atoms with Crippen molar-refractivity contribution in [2.75, 3.05) is 30.2 Å². The molecule has 1 N–H and O–H groups in total. The summed E-state index contributed by atoms with van der Waals surface area (Å²) in [5.74, 6) is 0.719. The van der Waals surface area contributed by atoms with E-state index >= 15 is 0 Å². The van der Waals surface area contributed by atoms with E-state index < -0.39 is 0 Å². The van der Waals surface area contributed by atoms with Crippen LogP contribution in [0.5, 0.6) is 0 Å². The molecule has 0 saturated heterocycles. The number of rotatable bonds is 0. The lowest BCUT2D eigenvalue weighted by molar-refractivity contribution is -0.0426. The molecule has 6 rings (SSSR count). The van der Waals surface area contributed by atoms with E-state index in [1.807, 2.05) is 0 Å². The molecule has 124 valence electrons. The minimum Gasteiger partial charge on any atom is -0.450 e. The SMILES string of the molecule is c1ccc2c(c1)NCC21C2=C(N=C3Sc4ccccc4N31)OCOC2. The van der Waals surface area contributed by atoms with E-state index in [1.165, 1.54) is 16.1 Å². The summed E-state index contributed by atoms with van der Waals surface area (Å²) >= 11 is 1.70. The van der Waals surface area contributed by atoms with Gasteiger partial charge in [0.25, 0.3) is 0 Å². The molecule has 2 aromatic rings. The molecule has 4 heterocycles. The number of amidine groups is 1. The van der Waals surface area contributed by atoms with E-state index in [0.29, 0.717) is 6.61 Å². The monoisotopic (exact) mass is 349 g/mol. The highest BCUT2D eigenvalue weighted by atomic mass is 32.2. The van der Waals surface area contributed by atoms with Crippen LogP contribution >= 0.6 is 11.8 Å². The third-order valence-electron chi connectivity index (χ3n) is 5.27. The predicted molar refractivity (Wildman–Crippen MR) is 97.8 cm³/mol. The second-order valence-electron chi connectivity index (χ2n) is 6.45. The molecule has 4 aliphatic heterocycles. The molecule has 0 bridgehead atoms. The van der Waals surface area contributed by atoms with Crippen molar-refractivity contribution >= 4 is 28.3 Å². The first kappa shape index (κ1) is 13.8. The number of nitrogens with one attached hydrogen (secondary N) is 1. The van der Waals surface area contributed by atoms with Crippen molar-refractivity contribution in [2.45, 2.75) is 10.4 Å². The fraction of sp³-hybridized carbons (Fsp3) is 0.211. The molecule has 0 aromatic heterocycles. The van der Waals surface area contributed by atoms with Crippen molar-refractivity contribution in [2.24, 2.45) is 4.99 Å². The van der Waals surface area contributed by atoms with Gasteiger partial charge in [0.15, 0.2) is 12.0 Å². The molecule has 1 spiro atoms. The number of hydrogen-bond donors (Lipinski definition) is 1. The first-order valence-corrected chi connectivity index (χ1v) is 9.13. The fourth-order valence-corrected chi connectivity index (χ4v) is 5.29. The average Bonchev–Trinajstić information content (AvgIpc) is 3.22. The van der Waals surface area contributed by atoms with E-state index in [2.05, 4.69) is 58.7 Å². The van der Waals surface area contributed by atoms with Crippen LogP contribution in [0.15, 0.2) is 69.9 Å². The number of hydrogen-bond acceptors (Lipinski definition) is 6. The summed E-state index contributed by atoms with van der Waals surface area (Å²) in [5, 5.41) is 4.56. The van der Waals surface area contributed by atoms with Crippen LogP contribution in [0.25, 0.3) is 0 Å². The molecule has 0 aliphatic carbocycles. The van der Waals surface area contributed by atoms with Gasteiger partial charge in [-0.1, -0.05) is 30.3 Å². The molecule has 5 nitrogen and oxygen atoms in total. The van der Waals surface area contributed by atoms with Gasteiger partial charge in [0.1, 0.15) is 5.54 Å². The minimum atomic E-state index is -0.358. The Labute approximate surface area is 149 Å². The van der Waals surface area contributed by atoms with E-state index in [-0.39, 0.29) is 12.3 Å². The highest BCUT2D eigenvalue weighted by molar-refractivity contribution is 8.14. The highest BCUT2D eigenvalue weighted by Crippen LogP contribution is 2.56. The van der Waals surface area contributed by atoms with Gasteiger partial charge in [-0.05, 0) is 30.0 Å². The lowest BCUT2D eigenvalue weighted by Crippen LogP contribution is -2.54. The molecule has 0 radical (unpaired) electrons. The second-order valence-corrected chi connectivity index (χ2v) is 7.46. The summed E-state index contributed by atoms with van der Waals surface area (Å²) in [7, 11) is 0. The van der Waals surface area contributed by atoms with Gasteiger partial charge in [0.2, 0.25) is 5.88 Å². The van der Waals surface area contributed by atoms with Crippen LogP contribution in [-0.4, -0.2) is 25.1 Å². The summed E-state index contributed by atoms with van der Waals surface area (Å²) in [5.41, 5.74) is 4.35. The normalized spacial score (nSPS) is 25.6. The van der Waals surface area contributed by atoms with E-state index in [9.17, 15) is 0 Å². The van der Waals surface area contributed by atoms with Gasteiger partial charge in [-0.25, -0.2) is 0 Å². The third-order valence-corrected chi connectivity index (χ3v) is 6.29. The zero-order valence-electron chi connectivity index (χ0n) is 13.4. The summed E-state index contributed by atoms with van der Waals surface area (Å²) in [6, 6.07) is 17.0. The predicted octanol–water partition coefficient (Wildman–Crippen LogP) is 3.51. The van der Waals surface area contributed by atoms with Gasteiger partial charge >= 0.3 is 0 Å². The minimum absolute atomic E-state index is 0.262. The van der Waals surface area contributed by atoms with Gasteiger partial charge in [-0.3, -0.25) is 0 Å². The Morgan fingerprint density at radius 1 is 1.12 bits per heavy atom. The smallest absolute Gasteiger partial charge is 0.222 e. The largest absolute Gasteiger partial charge is 0.450 e. The second kappa shape index (κ2) is 4.80. The number of nitrogens with zero attached hydrogens (tertiary/aromatic N) is 2. The number of aliphatic imine (C=N–C) groups is 1. The van der Waals surface area contributed by atoms with Gasteiger partial charge in [-0.15, -0.1) is 0 Å². The molecule has 25 heavy (non-hydrogen) atoms. The van der Waals surface area contributed by atoms with Crippen molar-refractivity contribution in [3.63, 3.8) is 0 Å². The van der Waals surface area contributed by atoms with Gasteiger partial charge < -0.3 is 19.7 Å². The Morgan fingerprint density at radius 2 is 2.00 bits per heavy atom. The lowest BCUT2D eigenvalue weighted by Gasteiger charge is -2.45. The van der Waals surface area contributed by atoms with Crippen LogP contribution in [0, 0.1) is 0 Å². The molecule has 0 fully saturated rings. The first-order valence-electron chi connectivity index (χ1n) is 8.31. The van der Waals surface area contributed by atoms with Gasteiger partial charge in [-0.2, -0.15) is 4.99 Å². The topological polar surface area (TPSA) is 46.1 Å². The van der Waals surface area contributed by atoms with Crippen LogP contribution in [0.3, 0.4) is 0 Å². The van der Waals surface area contributed by atoms with Crippen LogP contribution in [0.1, 0.15) is 5.56 Å². The molecular weight excluding hydrogens is 334 g/mol. The van der Waals surface area contributed by atoms with Crippen LogP contribution in [-0.2, 0) is 15.0 Å². The third kappa shape index (κ3) is 1.66. The summed E-state index contributed by atoms with van der Waals surface area (Å²) in [6.07, 6.45) is 0. The zero-order valence-corrected chi connectivity index (χ0v) is 14.2. The summed E-state index contributed by atoms with van der Waals surface area (Å²) in [6.45, 7) is 1.57. The average molecular weight is 349 g/mol. The molecule has 1 unspecified atom stereocenters. The molecule has 4 aliphatic rings. The van der Waals surface area contributed by atoms with Gasteiger partial charge in [0.05, 0.1) is 17.9 Å². The molecule has 2 aromatic carbocycles. The summed E-state index contributed by atoms with van der Waals surface area (Å²) < 4.78 is 11.5. The standard InChI is InChI=1S/C19H15N3O2S/c1-2-6-14-12(5-1)19(10-20-14)13-9-23-11-24-17(13)21-18-22(19)15-7-3-4-8-16(15)25-18/h1-8,20H,9-11H2. The summed E-state index contributed by atoms with van der Waals surface area (Å²) in [4.78, 5) is 8.42. The number of para-hydroxylation sites is 2. The number of thioether (sulfide) groups is 1. The maximum Gasteiger partial charge on any atom is 0.222 e. The fourth-order valence-electron chi connectivity index (χ4n) is 4.21. The molecule has 0 amide bonds. The number of ether oxygens (including phenoxy) is 2. The van der Waals surface area contributed by atoms with Crippen LogP contribution in [0.4, 0.5) is 11.4 Å². The Hall–Kier alpha value is -2.44. The Morgan fingerprint density at radius 3 is 3.00 bits per heavy atom. The van der Waals surface area contributed by atoms with Crippen molar-refractivity contribution < 1.29 is 9.47 Å². The van der Waals surface area contributed by atoms with E-state index in [4.69, 9.17) is 14.5 Å². The number of benzene rings is 2. The van der Waals surface area contributed by atoms with Crippen LogP contribution in [0.2, 0.25) is 0 Å². The highest BCUT2D eigenvalue weighted by Gasteiger charge is 2.55. The molecule has 1 atom stereocenters.